The molecule has 0 radical (unpaired) electrons. The summed E-state index contributed by atoms with van der Waals surface area (Å²) in [5, 5.41) is 2.90. The van der Waals surface area contributed by atoms with Crippen LogP contribution in [0, 0.1) is 5.92 Å². The molecule has 0 fully saturated rings. The van der Waals surface area contributed by atoms with Crippen molar-refractivity contribution in [1.82, 2.24) is 9.62 Å². The molecule has 7 nitrogen and oxygen atoms in total. The van der Waals surface area contributed by atoms with Gasteiger partial charge in [0, 0.05) is 23.7 Å². The highest BCUT2D eigenvalue weighted by atomic mass is 35.5. The van der Waals surface area contributed by atoms with Crippen molar-refractivity contribution >= 4 is 34.2 Å². The third-order valence-corrected chi connectivity index (χ3v) is 6.40. The monoisotopic (exact) mass is 417 g/mol. The van der Waals surface area contributed by atoms with Crippen molar-refractivity contribution in [2.24, 2.45) is 11.7 Å². The van der Waals surface area contributed by atoms with Crippen LogP contribution in [0.2, 0.25) is 0 Å². The van der Waals surface area contributed by atoms with Crippen LogP contribution in [0.3, 0.4) is 0 Å². The van der Waals surface area contributed by atoms with Gasteiger partial charge in [0.1, 0.15) is 4.90 Å². The minimum absolute atomic E-state index is 0. The first-order valence-electron chi connectivity index (χ1n) is 8.68. The highest BCUT2D eigenvalue weighted by Gasteiger charge is 2.43. The second-order valence-electron chi connectivity index (χ2n) is 7.73. The van der Waals surface area contributed by atoms with E-state index < -0.39 is 33.4 Å². The van der Waals surface area contributed by atoms with Gasteiger partial charge in [0.2, 0.25) is 0 Å². The second-order valence-corrected chi connectivity index (χ2v) is 9.51. The Kier molecular flexibility index (Phi) is 7.07. The molecule has 1 aromatic carbocycles. The number of carbonyl (C=O) groups is 2. The molecule has 1 aliphatic heterocycles. The molecule has 0 spiro atoms. The molecule has 0 saturated heterocycles. The van der Waals surface area contributed by atoms with Crippen molar-refractivity contribution in [2.45, 2.75) is 57.5 Å². The zero-order valence-corrected chi connectivity index (χ0v) is 17.9. The van der Waals surface area contributed by atoms with Crippen molar-refractivity contribution in [3.8, 4) is 0 Å². The predicted molar refractivity (Wildman–Crippen MR) is 107 cm³/mol. The molecule has 2 rings (SSSR count). The van der Waals surface area contributed by atoms with E-state index in [0.717, 1.165) is 4.31 Å². The lowest BCUT2D eigenvalue weighted by molar-refractivity contribution is 0.0843. The molecular weight excluding hydrogens is 390 g/mol. The van der Waals surface area contributed by atoms with E-state index in [2.05, 4.69) is 5.32 Å². The molecule has 152 valence electrons. The molecule has 0 saturated carbocycles. The Morgan fingerprint density at radius 2 is 1.85 bits per heavy atom. The molecule has 2 amide bonds. The minimum Gasteiger partial charge on any atom is -0.346 e. The van der Waals surface area contributed by atoms with Gasteiger partial charge in [-0.15, -0.1) is 12.4 Å². The van der Waals surface area contributed by atoms with E-state index >= 15 is 0 Å². The van der Waals surface area contributed by atoms with Crippen molar-refractivity contribution in [3.63, 3.8) is 0 Å². The van der Waals surface area contributed by atoms with E-state index in [-0.39, 0.29) is 35.0 Å². The van der Waals surface area contributed by atoms with Gasteiger partial charge in [-0.25, -0.2) is 12.7 Å². The number of nitrogens with one attached hydrogen (secondary N) is 1. The van der Waals surface area contributed by atoms with Crippen LogP contribution in [-0.2, 0) is 10.0 Å². The average Bonchev–Trinajstić information content (AvgIpc) is 2.72. The fourth-order valence-corrected chi connectivity index (χ4v) is 5.13. The summed E-state index contributed by atoms with van der Waals surface area (Å²) in [4.78, 5) is 24.9. The number of hydrogen-bond acceptors (Lipinski definition) is 5. The van der Waals surface area contributed by atoms with Gasteiger partial charge in [-0.2, -0.15) is 0 Å². The van der Waals surface area contributed by atoms with Crippen molar-refractivity contribution in [3.05, 3.63) is 29.3 Å². The van der Waals surface area contributed by atoms with Crippen LogP contribution in [0.1, 0.15) is 61.8 Å². The number of amides is 2. The Balaban J connectivity index is 0.00000364. The van der Waals surface area contributed by atoms with E-state index in [1.54, 1.807) is 13.8 Å². The summed E-state index contributed by atoms with van der Waals surface area (Å²) in [5.41, 5.74) is 5.51. The maximum atomic E-state index is 12.7. The van der Waals surface area contributed by atoms with Crippen molar-refractivity contribution in [2.75, 3.05) is 6.54 Å². The summed E-state index contributed by atoms with van der Waals surface area (Å²) in [7, 11) is -3.94. The Bertz CT molecular complexity index is 839. The molecule has 1 heterocycles. The van der Waals surface area contributed by atoms with Crippen LogP contribution >= 0.6 is 12.4 Å². The molecule has 27 heavy (non-hydrogen) atoms. The lowest BCUT2D eigenvalue weighted by atomic mass is 9.90. The number of nitrogens with two attached hydrogens (primary N) is 1. The number of rotatable bonds is 6. The topological polar surface area (TPSA) is 110 Å². The first-order valence-corrected chi connectivity index (χ1v) is 10.1. The summed E-state index contributed by atoms with van der Waals surface area (Å²) >= 11 is 0. The Hall–Kier alpha value is -1.64. The van der Waals surface area contributed by atoms with E-state index in [9.17, 15) is 18.0 Å². The van der Waals surface area contributed by atoms with Gasteiger partial charge in [-0.3, -0.25) is 9.59 Å². The number of hydrogen-bond donors (Lipinski definition) is 2. The van der Waals surface area contributed by atoms with Crippen LogP contribution in [0.25, 0.3) is 0 Å². The van der Waals surface area contributed by atoms with Crippen molar-refractivity contribution in [1.29, 1.82) is 0 Å². The molecular formula is C18H28ClN3O4S. The minimum atomic E-state index is -3.94. The van der Waals surface area contributed by atoms with Crippen LogP contribution in [0.5, 0.6) is 0 Å². The van der Waals surface area contributed by atoms with E-state index in [4.69, 9.17) is 5.73 Å². The molecule has 0 bridgehead atoms. The zero-order valence-electron chi connectivity index (χ0n) is 16.3. The quantitative estimate of drug-likeness (QED) is 0.736. The molecule has 0 aliphatic carbocycles. The zero-order chi connectivity index (χ0) is 19.9. The van der Waals surface area contributed by atoms with Crippen LogP contribution in [-0.4, -0.2) is 42.7 Å². The van der Waals surface area contributed by atoms with E-state index in [1.165, 1.54) is 18.2 Å². The van der Waals surface area contributed by atoms with Gasteiger partial charge in [-0.05, 0) is 51.3 Å². The van der Waals surface area contributed by atoms with Gasteiger partial charge in [-0.1, -0.05) is 13.8 Å². The first kappa shape index (κ1) is 23.4. The van der Waals surface area contributed by atoms with Crippen LogP contribution in [0.15, 0.2) is 23.1 Å². The molecule has 1 atom stereocenters. The van der Waals surface area contributed by atoms with Crippen LogP contribution < -0.4 is 11.1 Å². The number of sulfonamides is 1. The average molecular weight is 418 g/mol. The number of nitrogens with zero attached hydrogens (tertiary/aromatic N) is 1. The van der Waals surface area contributed by atoms with Gasteiger partial charge in [0.25, 0.3) is 21.8 Å². The second kappa shape index (κ2) is 8.16. The number of fused-ring (bicyclic) bond motifs is 1. The Labute approximate surface area is 167 Å². The van der Waals surface area contributed by atoms with E-state index in [1.807, 2.05) is 20.8 Å². The van der Waals surface area contributed by atoms with Gasteiger partial charge in [0.15, 0.2) is 0 Å². The van der Waals surface area contributed by atoms with E-state index in [0.29, 0.717) is 12.3 Å². The summed E-state index contributed by atoms with van der Waals surface area (Å²) in [5.74, 6) is -0.637. The molecule has 1 aliphatic rings. The smallest absolute Gasteiger partial charge is 0.269 e. The lowest BCUT2D eigenvalue weighted by Crippen LogP contribution is -2.52. The molecule has 9 heteroatoms. The Morgan fingerprint density at radius 1 is 1.26 bits per heavy atom. The summed E-state index contributed by atoms with van der Waals surface area (Å²) < 4.78 is 26.2. The number of halogens is 1. The summed E-state index contributed by atoms with van der Waals surface area (Å²) in [6, 6.07) is 3.64. The van der Waals surface area contributed by atoms with Gasteiger partial charge in [0.05, 0.1) is 5.56 Å². The number of carbonyl (C=O) groups excluding carboxylic acids is 2. The predicted octanol–water partition coefficient (Wildman–Crippen LogP) is 2.15. The molecule has 3 N–H and O–H groups in total. The maximum absolute atomic E-state index is 12.7. The lowest BCUT2D eigenvalue weighted by Gasteiger charge is -2.31. The largest absolute Gasteiger partial charge is 0.346 e. The fraction of sp³-hybridized carbons (Fsp3) is 0.556. The van der Waals surface area contributed by atoms with Crippen LogP contribution in [0.4, 0.5) is 0 Å². The van der Waals surface area contributed by atoms with Gasteiger partial charge < -0.3 is 11.1 Å². The third-order valence-electron chi connectivity index (χ3n) is 4.40. The highest BCUT2D eigenvalue weighted by molar-refractivity contribution is 7.90. The third kappa shape index (κ3) is 4.44. The SMILES string of the molecule is CC(C)CC(C)(CN)NC(=O)c1ccc2c(c1)S(=O)(=O)N(C(C)C)C2=O.Cl. The fourth-order valence-electron chi connectivity index (χ4n) is 3.33. The first-order chi connectivity index (χ1) is 11.9. The maximum Gasteiger partial charge on any atom is 0.269 e. The van der Waals surface area contributed by atoms with Gasteiger partial charge >= 0.3 is 0 Å². The standard InChI is InChI=1S/C18H27N3O4S.ClH/c1-11(2)9-18(5,10-19)20-16(22)13-6-7-14-15(8-13)26(24,25)21(12(3)4)17(14)23;/h6-8,11-12H,9-10,19H2,1-5H3,(H,20,22);1H. The summed E-state index contributed by atoms with van der Waals surface area (Å²) in [6.45, 7) is 9.46. The number of benzene rings is 1. The summed E-state index contributed by atoms with van der Waals surface area (Å²) in [6.07, 6.45) is 0.693. The molecule has 1 unspecified atom stereocenters. The molecule has 0 aromatic heterocycles. The highest BCUT2D eigenvalue weighted by Crippen LogP contribution is 2.32. The molecule has 1 aromatic rings. The Morgan fingerprint density at radius 3 is 2.33 bits per heavy atom. The normalized spacial score (nSPS) is 17.5. The van der Waals surface area contributed by atoms with Crippen molar-refractivity contribution < 1.29 is 18.0 Å².